The van der Waals surface area contributed by atoms with E-state index in [4.69, 9.17) is 4.74 Å². The second-order valence-electron chi connectivity index (χ2n) is 5.73. The number of ether oxygens (including phenoxy) is 1. The molecule has 0 saturated carbocycles. The molecule has 0 aliphatic carbocycles. The van der Waals surface area contributed by atoms with Gasteiger partial charge in [0.15, 0.2) is 0 Å². The van der Waals surface area contributed by atoms with Crippen LogP contribution in [-0.2, 0) is 9.53 Å². The number of carbonyl (C=O) groups excluding carboxylic acids is 1. The van der Waals surface area contributed by atoms with Crippen LogP contribution >= 0.6 is 0 Å². The van der Waals surface area contributed by atoms with Crippen LogP contribution in [0.1, 0.15) is 37.3 Å². The Kier molecular flexibility index (Phi) is 7.28. The monoisotopic (exact) mass is 321 g/mol. The van der Waals surface area contributed by atoms with Crippen LogP contribution in [0.15, 0.2) is 66.7 Å². The first kappa shape index (κ1) is 18.0. The predicted molar refractivity (Wildman–Crippen MR) is 99.3 cm³/mol. The average Bonchev–Trinajstić information content (AvgIpc) is 2.63. The SMILES string of the molecule is [CH2]C(CCCC=C(c1ccccc1)c1ccccc1)C(=O)OCC. The molecule has 1 radical (unpaired) electrons. The molecule has 0 aliphatic rings. The van der Waals surface area contributed by atoms with Crippen molar-refractivity contribution >= 4 is 11.5 Å². The molecular formula is C22H25O2. The van der Waals surface area contributed by atoms with E-state index >= 15 is 0 Å². The summed E-state index contributed by atoms with van der Waals surface area (Å²) in [5.74, 6) is -0.483. The molecule has 2 aromatic rings. The van der Waals surface area contributed by atoms with Gasteiger partial charge in [0.2, 0.25) is 0 Å². The van der Waals surface area contributed by atoms with E-state index in [9.17, 15) is 4.79 Å². The highest BCUT2D eigenvalue weighted by Gasteiger charge is 2.13. The summed E-state index contributed by atoms with van der Waals surface area (Å²) in [7, 11) is 0. The molecule has 0 fully saturated rings. The van der Waals surface area contributed by atoms with Crippen molar-refractivity contribution in [2.24, 2.45) is 5.92 Å². The number of unbranched alkanes of at least 4 members (excludes halogenated alkanes) is 1. The minimum absolute atomic E-state index is 0.201. The van der Waals surface area contributed by atoms with E-state index in [-0.39, 0.29) is 11.9 Å². The summed E-state index contributed by atoms with van der Waals surface area (Å²) >= 11 is 0. The van der Waals surface area contributed by atoms with E-state index in [0.717, 1.165) is 19.3 Å². The van der Waals surface area contributed by atoms with Gasteiger partial charge < -0.3 is 4.74 Å². The lowest BCUT2D eigenvalue weighted by molar-refractivity contribution is -0.146. The van der Waals surface area contributed by atoms with Crippen molar-refractivity contribution in [3.8, 4) is 0 Å². The molecular weight excluding hydrogens is 296 g/mol. The van der Waals surface area contributed by atoms with Gasteiger partial charge in [-0.05, 0) is 49.8 Å². The summed E-state index contributed by atoms with van der Waals surface area (Å²) in [6, 6.07) is 20.8. The van der Waals surface area contributed by atoms with Gasteiger partial charge in [-0.1, -0.05) is 66.7 Å². The zero-order chi connectivity index (χ0) is 17.2. The van der Waals surface area contributed by atoms with Crippen LogP contribution in [0.25, 0.3) is 5.57 Å². The number of hydrogen-bond acceptors (Lipinski definition) is 2. The smallest absolute Gasteiger partial charge is 0.308 e. The number of allylic oxidation sites excluding steroid dienone is 1. The van der Waals surface area contributed by atoms with Crippen LogP contribution in [0.5, 0.6) is 0 Å². The molecule has 0 aliphatic heterocycles. The summed E-state index contributed by atoms with van der Waals surface area (Å²) in [4.78, 5) is 11.6. The van der Waals surface area contributed by atoms with Crippen molar-refractivity contribution in [1.82, 2.24) is 0 Å². The van der Waals surface area contributed by atoms with Crippen molar-refractivity contribution in [2.75, 3.05) is 6.61 Å². The maximum Gasteiger partial charge on any atom is 0.308 e. The third kappa shape index (κ3) is 5.38. The molecule has 0 spiro atoms. The first-order valence-corrected chi connectivity index (χ1v) is 8.53. The third-order valence-corrected chi connectivity index (χ3v) is 3.89. The van der Waals surface area contributed by atoms with Crippen molar-refractivity contribution in [3.05, 3.63) is 84.8 Å². The van der Waals surface area contributed by atoms with Crippen LogP contribution in [0.3, 0.4) is 0 Å². The summed E-state index contributed by atoms with van der Waals surface area (Å²) in [5, 5.41) is 0. The van der Waals surface area contributed by atoms with Crippen LogP contribution in [0.2, 0.25) is 0 Å². The van der Waals surface area contributed by atoms with Crippen molar-refractivity contribution in [3.63, 3.8) is 0 Å². The van der Waals surface area contributed by atoms with Gasteiger partial charge in [0.1, 0.15) is 0 Å². The van der Waals surface area contributed by atoms with E-state index in [1.54, 1.807) is 0 Å². The maximum atomic E-state index is 11.6. The molecule has 2 heteroatoms. The van der Waals surface area contributed by atoms with Gasteiger partial charge in [-0.25, -0.2) is 0 Å². The molecule has 0 aromatic heterocycles. The highest BCUT2D eigenvalue weighted by molar-refractivity contribution is 5.79. The molecule has 0 amide bonds. The first-order valence-electron chi connectivity index (χ1n) is 8.53. The maximum absolute atomic E-state index is 11.6. The summed E-state index contributed by atoms with van der Waals surface area (Å²) < 4.78 is 5.00. The van der Waals surface area contributed by atoms with Gasteiger partial charge in [-0.15, -0.1) is 0 Å². The van der Waals surface area contributed by atoms with Gasteiger partial charge in [0, 0.05) is 0 Å². The van der Waals surface area contributed by atoms with Crippen molar-refractivity contribution < 1.29 is 9.53 Å². The Bertz CT molecular complexity index is 603. The molecule has 0 heterocycles. The van der Waals surface area contributed by atoms with E-state index in [2.05, 4.69) is 61.5 Å². The molecule has 0 bridgehead atoms. The Hall–Kier alpha value is -2.35. The van der Waals surface area contributed by atoms with Gasteiger partial charge in [0.25, 0.3) is 0 Å². The molecule has 24 heavy (non-hydrogen) atoms. The van der Waals surface area contributed by atoms with Crippen LogP contribution in [0.4, 0.5) is 0 Å². The first-order chi connectivity index (χ1) is 11.7. The average molecular weight is 321 g/mol. The molecule has 0 N–H and O–H groups in total. The largest absolute Gasteiger partial charge is 0.466 e. The highest BCUT2D eigenvalue weighted by atomic mass is 16.5. The summed E-state index contributed by atoms with van der Waals surface area (Å²) in [6.45, 7) is 6.13. The number of benzene rings is 2. The van der Waals surface area contributed by atoms with Gasteiger partial charge >= 0.3 is 5.97 Å². The van der Waals surface area contributed by atoms with Crippen molar-refractivity contribution in [2.45, 2.75) is 26.2 Å². The fourth-order valence-corrected chi connectivity index (χ4v) is 2.63. The number of rotatable bonds is 8. The Morgan fingerprint density at radius 1 is 1.04 bits per heavy atom. The molecule has 125 valence electrons. The lowest BCUT2D eigenvalue weighted by Gasteiger charge is -2.11. The highest BCUT2D eigenvalue weighted by Crippen LogP contribution is 2.24. The van der Waals surface area contributed by atoms with Crippen LogP contribution < -0.4 is 0 Å². The topological polar surface area (TPSA) is 26.3 Å². The minimum Gasteiger partial charge on any atom is -0.466 e. The molecule has 0 saturated heterocycles. The Balaban J connectivity index is 2.03. The van der Waals surface area contributed by atoms with E-state index in [1.807, 2.05) is 19.1 Å². The zero-order valence-electron chi connectivity index (χ0n) is 14.3. The third-order valence-electron chi connectivity index (χ3n) is 3.89. The number of esters is 1. The lowest BCUT2D eigenvalue weighted by Crippen LogP contribution is -2.14. The fourth-order valence-electron chi connectivity index (χ4n) is 2.63. The normalized spacial score (nSPS) is 11.6. The second-order valence-corrected chi connectivity index (χ2v) is 5.73. The van der Waals surface area contributed by atoms with E-state index < -0.39 is 0 Å². The fraction of sp³-hybridized carbons (Fsp3) is 0.273. The predicted octanol–water partition coefficient (Wildman–Crippen LogP) is 5.30. The summed E-state index contributed by atoms with van der Waals surface area (Å²) in [5.41, 5.74) is 3.65. The Labute approximate surface area is 145 Å². The number of carbonyl (C=O) groups is 1. The van der Waals surface area contributed by atoms with E-state index in [0.29, 0.717) is 6.61 Å². The van der Waals surface area contributed by atoms with Gasteiger partial charge in [-0.3, -0.25) is 4.79 Å². The van der Waals surface area contributed by atoms with Crippen LogP contribution in [0, 0.1) is 12.8 Å². The Morgan fingerprint density at radius 2 is 1.58 bits per heavy atom. The number of hydrogen-bond donors (Lipinski definition) is 0. The Morgan fingerprint density at radius 3 is 2.08 bits per heavy atom. The lowest BCUT2D eigenvalue weighted by atomic mass is 9.95. The molecule has 2 rings (SSSR count). The second kappa shape index (κ2) is 9.71. The molecule has 2 aromatic carbocycles. The van der Waals surface area contributed by atoms with Gasteiger partial charge in [-0.2, -0.15) is 0 Å². The quantitative estimate of drug-likeness (QED) is 0.487. The summed E-state index contributed by atoms with van der Waals surface area (Å²) in [6.07, 6.45) is 4.81. The molecule has 2 nitrogen and oxygen atoms in total. The minimum atomic E-state index is -0.282. The standard InChI is InChI=1S/C22H25O2/c1-3-24-22(23)18(2)12-10-11-17-21(19-13-6-4-7-14-19)20-15-8-5-9-16-20/h4-9,13-18H,2-3,10-12H2,1H3. The van der Waals surface area contributed by atoms with E-state index in [1.165, 1.54) is 16.7 Å². The van der Waals surface area contributed by atoms with Crippen LogP contribution in [-0.4, -0.2) is 12.6 Å². The molecule has 1 atom stereocenters. The van der Waals surface area contributed by atoms with Gasteiger partial charge in [0.05, 0.1) is 12.5 Å². The zero-order valence-corrected chi connectivity index (χ0v) is 14.3. The van der Waals surface area contributed by atoms with Crippen molar-refractivity contribution in [1.29, 1.82) is 0 Å². The molecule has 1 unspecified atom stereocenters.